The first-order chi connectivity index (χ1) is 8.03. The topological polar surface area (TPSA) is 59.1 Å². The van der Waals surface area contributed by atoms with Gasteiger partial charge in [0.05, 0.1) is 11.6 Å². The smallest absolute Gasteiger partial charge is 0.133 e. The van der Waals surface area contributed by atoms with Crippen molar-refractivity contribution in [3.05, 3.63) is 29.0 Å². The molecule has 0 aliphatic heterocycles. The van der Waals surface area contributed by atoms with Crippen molar-refractivity contribution in [2.75, 3.05) is 0 Å². The molecule has 0 bridgehead atoms. The molecule has 1 aromatic heterocycles. The van der Waals surface area contributed by atoms with Crippen molar-refractivity contribution in [1.29, 1.82) is 0 Å². The van der Waals surface area contributed by atoms with E-state index in [-0.39, 0.29) is 0 Å². The zero-order valence-electron chi connectivity index (χ0n) is 9.44. The van der Waals surface area contributed by atoms with E-state index in [0.29, 0.717) is 36.4 Å². The molecule has 1 unspecified atom stereocenters. The lowest BCUT2D eigenvalue weighted by atomic mass is 9.77. The standard InChI is InChI=1S/C12H16ClFN2O/c13-11-9(2-1-7-16-11)10(15)12(17)5-3-8(14)4-6-12/h1-2,7-8,10,17H,3-6,15H2/t8-,10?,12-. The Bertz CT molecular complexity index is 394. The van der Waals surface area contributed by atoms with Gasteiger partial charge in [0.1, 0.15) is 11.3 Å². The minimum absolute atomic E-state index is 0.302. The summed E-state index contributed by atoms with van der Waals surface area (Å²) < 4.78 is 13.1. The summed E-state index contributed by atoms with van der Waals surface area (Å²) >= 11 is 5.95. The summed E-state index contributed by atoms with van der Waals surface area (Å²) in [5, 5.41) is 10.8. The van der Waals surface area contributed by atoms with Crippen molar-refractivity contribution in [3.63, 3.8) is 0 Å². The van der Waals surface area contributed by atoms with Gasteiger partial charge in [-0.05, 0) is 31.7 Å². The Hall–Kier alpha value is -0.710. The van der Waals surface area contributed by atoms with Crippen LogP contribution >= 0.6 is 11.6 Å². The van der Waals surface area contributed by atoms with Gasteiger partial charge in [-0.15, -0.1) is 0 Å². The molecule has 0 spiro atoms. The second-order valence-electron chi connectivity index (χ2n) is 4.64. The maximum Gasteiger partial charge on any atom is 0.133 e. The van der Waals surface area contributed by atoms with Gasteiger partial charge in [-0.25, -0.2) is 9.37 Å². The van der Waals surface area contributed by atoms with Gasteiger partial charge >= 0.3 is 0 Å². The van der Waals surface area contributed by atoms with Crippen LogP contribution in [0.1, 0.15) is 37.3 Å². The Morgan fingerprint density at radius 3 is 2.76 bits per heavy atom. The first-order valence-electron chi connectivity index (χ1n) is 5.75. The second-order valence-corrected chi connectivity index (χ2v) is 5.00. The summed E-state index contributed by atoms with van der Waals surface area (Å²) in [5.41, 5.74) is 5.60. The van der Waals surface area contributed by atoms with Crippen LogP contribution in [-0.4, -0.2) is 21.9 Å². The predicted molar refractivity (Wildman–Crippen MR) is 64.5 cm³/mol. The van der Waals surface area contributed by atoms with E-state index in [1.54, 1.807) is 18.3 Å². The number of alkyl halides is 1. The van der Waals surface area contributed by atoms with Crippen molar-refractivity contribution in [2.45, 2.75) is 43.5 Å². The molecule has 0 radical (unpaired) electrons. The minimum atomic E-state index is -1.07. The quantitative estimate of drug-likeness (QED) is 0.801. The zero-order chi connectivity index (χ0) is 12.5. The Labute approximate surface area is 105 Å². The van der Waals surface area contributed by atoms with Crippen molar-refractivity contribution >= 4 is 11.6 Å². The molecular formula is C12H16ClFN2O. The summed E-state index contributed by atoms with van der Waals surface area (Å²) in [4.78, 5) is 3.94. The first kappa shape index (κ1) is 12.7. The van der Waals surface area contributed by atoms with Crippen LogP contribution in [-0.2, 0) is 0 Å². The number of hydrogen-bond donors (Lipinski definition) is 2. The summed E-state index contributed by atoms with van der Waals surface area (Å²) in [7, 11) is 0. The fraction of sp³-hybridized carbons (Fsp3) is 0.583. The summed E-state index contributed by atoms with van der Waals surface area (Å²) in [6.45, 7) is 0. The van der Waals surface area contributed by atoms with E-state index in [9.17, 15) is 9.50 Å². The fourth-order valence-electron chi connectivity index (χ4n) is 2.31. The Morgan fingerprint density at radius 1 is 1.53 bits per heavy atom. The van der Waals surface area contributed by atoms with Crippen molar-refractivity contribution in [3.8, 4) is 0 Å². The number of aromatic nitrogens is 1. The Kier molecular flexibility index (Phi) is 3.66. The van der Waals surface area contributed by atoms with Crippen molar-refractivity contribution in [2.24, 2.45) is 5.73 Å². The normalized spacial score (nSPS) is 31.2. The molecule has 3 nitrogen and oxygen atoms in total. The summed E-state index contributed by atoms with van der Waals surface area (Å²) in [5.74, 6) is 0. The Balaban J connectivity index is 2.20. The van der Waals surface area contributed by atoms with Gasteiger partial charge in [-0.3, -0.25) is 0 Å². The summed E-state index contributed by atoms with van der Waals surface area (Å²) in [6, 6.07) is 2.86. The second kappa shape index (κ2) is 4.88. The third-order valence-corrected chi connectivity index (χ3v) is 3.80. The lowest BCUT2D eigenvalue weighted by molar-refractivity contribution is -0.0364. The zero-order valence-corrected chi connectivity index (χ0v) is 10.2. The molecule has 1 atom stereocenters. The third-order valence-electron chi connectivity index (χ3n) is 3.48. The van der Waals surface area contributed by atoms with E-state index in [4.69, 9.17) is 17.3 Å². The summed E-state index contributed by atoms with van der Waals surface area (Å²) in [6.07, 6.45) is 2.17. The third kappa shape index (κ3) is 2.59. The molecule has 0 aromatic carbocycles. The molecule has 3 N–H and O–H groups in total. The monoisotopic (exact) mass is 258 g/mol. The molecule has 17 heavy (non-hydrogen) atoms. The van der Waals surface area contributed by atoms with Gasteiger partial charge in [0.2, 0.25) is 0 Å². The van der Waals surface area contributed by atoms with Crippen LogP contribution in [0.25, 0.3) is 0 Å². The van der Waals surface area contributed by atoms with Gasteiger partial charge < -0.3 is 10.8 Å². The highest BCUT2D eigenvalue weighted by molar-refractivity contribution is 6.30. The average molecular weight is 259 g/mol. The van der Waals surface area contributed by atoms with Crippen LogP contribution < -0.4 is 5.73 Å². The maximum absolute atomic E-state index is 13.1. The predicted octanol–water partition coefficient (Wildman–Crippen LogP) is 2.38. The number of nitrogens with zero attached hydrogens (tertiary/aromatic N) is 1. The largest absolute Gasteiger partial charge is 0.388 e. The highest BCUT2D eigenvalue weighted by Gasteiger charge is 2.40. The van der Waals surface area contributed by atoms with Crippen LogP contribution in [0.5, 0.6) is 0 Å². The number of nitrogens with two attached hydrogens (primary N) is 1. The van der Waals surface area contributed by atoms with E-state index in [1.165, 1.54) is 0 Å². The number of rotatable bonds is 2. The maximum atomic E-state index is 13.1. The van der Waals surface area contributed by atoms with Crippen LogP contribution in [0.2, 0.25) is 5.15 Å². The number of hydrogen-bond acceptors (Lipinski definition) is 3. The van der Waals surface area contributed by atoms with Crippen LogP contribution in [0, 0.1) is 0 Å². The van der Waals surface area contributed by atoms with Gasteiger partial charge in [-0.1, -0.05) is 17.7 Å². The Morgan fingerprint density at radius 2 is 2.18 bits per heavy atom. The first-order valence-corrected chi connectivity index (χ1v) is 6.13. The van der Waals surface area contributed by atoms with Gasteiger partial charge in [-0.2, -0.15) is 0 Å². The molecule has 1 aromatic rings. The van der Waals surface area contributed by atoms with Crippen LogP contribution in [0.4, 0.5) is 4.39 Å². The molecule has 1 fully saturated rings. The molecule has 1 saturated carbocycles. The molecular weight excluding hydrogens is 243 g/mol. The van der Waals surface area contributed by atoms with Crippen molar-refractivity contribution in [1.82, 2.24) is 4.98 Å². The molecule has 1 aliphatic rings. The van der Waals surface area contributed by atoms with E-state index in [2.05, 4.69) is 4.98 Å². The molecule has 5 heteroatoms. The van der Waals surface area contributed by atoms with Crippen LogP contribution in [0.15, 0.2) is 18.3 Å². The molecule has 1 aliphatic carbocycles. The van der Waals surface area contributed by atoms with Gasteiger partial charge in [0.25, 0.3) is 0 Å². The number of halogens is 2. The molecule has 1 heterocycles. The van der Waals surface area contributed by atoms with Crippen molar-refractivity contribution < 1.29 is 9.50 Å². The SMILES string of the molecule is NC(c1cccnc1Cl)[C@]1(O)CC[C@H](F)CC1. The highest BCUT2D eigenvalue weighted by Crippen LogP contribution is 2.39. The molecule has 94 valence electrons. The average Bonchev–Trinajstić information content (AvgIpc) is 2.33. The number of aliphatic hydroxyl groups is 1. The van der Waals surface area contributed by atoms with Gasteiger partial charge in [0.15, 0.2) is 0 Å². The van der Waals surface area contributed by atoms with E-state index >= 15 is 0 Å². The lowest BCUT2D eigenvalue weighted by Crippen LogP contribution is -2.44. The molecule has 0 saturated heterocycles. The fourth-order valence-corrected chi connectivity index (χ4v) is 2.55. The van der Waals surface area contributed by atoms with Crippen LogP contribution in [0.3, 0.4) is 0 Å². The lowest BCUT2D eigenvalue weighted by Gasteiger charge is -2.38. The van der Waals surface area contributed by atoms with E-state index < -0.39 is 17.8 Å². The molecule has 2 rings (SSSR count). The minimum Gasteiger partial charge on any atom is -0.388 e. The van der Waals surface area contributed by atoms with Gasteiger partial charge in [0, 0.05) is 11.8 Å². The molecule has 0 amide bonds. The number of pyridine rings is 1. The van der Waals surface area contributed by atoms with E-state index in [1.807, 2.05) is 0 Å². The highest BCUT2D eigenvalue weighted by atomic mass is 35.5. The van der Waals surface area contributed by atoms with E-state index in [0.717, 1.165) is 0 Å².